The van der Waals surface area contributed by atoms with Crippen LogP contribution in [0.1, 0.15) is 59.9 Å². The third-order valence-electron chi connectivity index (χ3n) is 6.60. The van der Waals surface area contributed by atoms with Crippen molar-refractivity contribution in [2.75, 3.05) is 13.6 Å². The van der Waals surface area contributed by atoms with E-state index in [2.05, 4.69) is 16.0 Å². The molecule has 2 aromatic rings. The van der Waals surface area contributed by atoms with Gasteiger partial charge in [-0.25, -0.2) is 0 Å². The van der Waals surface area contributed by atoms with Crippen LogP contribution in [0.2, 0.25) is 0 Å². The Morgan fingerprint density at radius 3 is 1.90 bits per heavy atom. The molecule has 0 radical (unpaired) electrons. The molecule has 11 heteroatoms. The summed E-state index contributed by atoms with van der Waals surface area (Å²) in [6.45, 7) is 5.05. The van der Waals surface area contributed by atoms with Gasteiger partial charge in [-0.1, -0.05) is 68.1 Å². The topological polar surface area (TPSA) is 142 Å². The molecule has 0 saturated heterocycles. The molecule has 1 aliphatic heterocycles. The van der Waals surface area contributed by atoms with Crippen molar-refractivity contribution in [2.24, 2.45) is 5.92 Å². The first-order valence-corrected chi connectivity index (χ1v) is 14.4. The Morgan fingerprint density at radius 1 is 0.805 bits per heavy atom. The number of hydrogen-bond acceptors (Lipinski definition) is 7. The van der Waals surface area contributed by atoms with Crippen LogP contribution in [0.3, 0.4) is 0 Å². The van der Waals surface area contributed by atoms with Gasteiger partial charge in [0.25, 0.3) is 11.8 Å². The molecule has 41 heavy (non-hydrogen) atoms. The maximum atomic E-state index is 13.4. The van der Waals surface area contributed by atoms with E-state index in [1.165, 1.54) is 14.0 Å². The number of fused-ring (bicyclic) bond motifs is 1. The molecule has 2 aromatic carbocycles. The van der Waals surface area contributed by atoms with Crippen molar-refractivity contribution in [1.82, 2.24) is 20.9 Å². The van der Waals surface area contributed by atoms with Crippen LogP contribution in [0, 0.1) is 5.92 Å². The number of nitrogens with one attached hydrogen (secondary N) is 3. The number of likely N-dealkylation sites (N-methyl/N-ethyl adjacent to an activating group) is 1. The van der Waals surface area contributed by atoms with Crippen LogP contribution in [0.25, 0.3) is 0 Å². The summed E-state index contributed by atoms with van der Waals surface area (Å²) >= 11 is 0.778. The molecular formula is C30H36N4O6S. The van der Waals surface area contributed by atoms with Gasteiger partial charge in [0.15, 0.2) is 5.12 Å². The van der Waals surface area contributed by atoms with Crippen LogP contribution in [0.5, 0.6) is 0 Å². The van der Waals surface area contributed by atoms with E-state index in [1.807, 2.05) is 44.2 Å². The Bertz CT molecular complexity index is 1260. The fourth-order valence-electron chi connectivity index (χ4n) is 4.61. The highest BCUT2D eigenvalue weighted by Crippen LogP contribution is 2.25. The summed E-state index contributed by atoms with van der Waals surface area (Å²) in [6, 6.07) is 13.9. The van der Waals surface area contributed by atoms with E-state index in [9.17, 15) is 28.8 Å². The Labute approximate surface area is 244 Å². The average molecular weight is 581 g/mol. The van der Waals surface area contributed by atoms with E-state index in [-0.39, 0.29) is 36.3 Å². The van der Waals surface area contributed by atoms with Crippen LogP contribution in [0.15, 0.2) is 54.6 Å². The number of carbonyl (C=O) groups excluding carboxylic acids is 6. The van der Waals surface area contributed by atoms with Crippen molar-refractivity contribution in [1.29, 1.82) is 0 Å². The van der Waals surface area contributed by atoms with Gasteiger partial charge in [-0.2, -0.15) is 0 Å². The lowest BCUT2D eigenvalue weighted by Crippen LogP contribution is -2.55. The van der Waals surface area contributed by atoms with E-state index in [1.54, 1.807) is 24.3 Å². The molecular weight excluding hydrogens is 544 g/mol. The summed E-state index contributed by atoms with van der Waals surface area (Å²) in [5.41, 5.74) is 1.46. The molecule has 1 heterocycles. The molecule has 10 nitrogen and oxygen atoms in total. The first kappa shape index (κ1) is 31.5. The second-order valence-electron chi connectivity index (χ2n) is 10.3. The molecule has 5 amide bonds. The fourth-order valence-corrected chi connectivity index (χ4v) is 5.40. The predicted molar refractivity (Wildman–Crippen MR) is 156 cm³/mol. The highest BCUT2D eigenvalue weighted by atomic mass is 32.2. The second kappa shape index (κ2) is 14.6. The average Bonchev–Trinajstić information content (AvgIpc) is 3.18. The smallest absolute Gasteiger partial charge is 0.261 e. The van der Waals surface area contributed by atoms with E-state index >= 15 is 0 Å². The number of rotatable bonds is 13. The highest BCUT2D eigenvalue weighted by molar-refractivity contribution is 8.14. The fraction of sp³-hybridized carbons (Fsp3) is 0.400. The Balaban J connectivity index is 1.72. The third kappa shape index (κ3) is 8.50. The zero-order chi connectivity index (χ0) is 30.1. The molecule has 0 saturated carbocycles. The molecule has 0 spiro atoms. The first-order chi connectivity index (χ1) is 19.5. The van der Waals surface area contributed by atoms with Crippen molar-refractivity contribution in [3.05, 3.63) is 71.3 Å². The van der Waals surface area contributed by atoms with Gasteiger partial charge < -0.3 is 16.0 Å². The third-order valence-corrected chi connectivity index (χ3v) is 7.66. The summed E-state index contributed by atoms with van der Waals surface area (Å²) in [6.07, 6.45) is 0.573. The molecule has 0 aliphatic carbocycles. The Morgan fingerprint density at radius 2 is 1.37 bits per heavy atom. The number of carbonyl (C=O) groups is 6. The number of benzene rings is 2. The lowest BCUT2D eigenvalue weighted by molar-refractivity contribution is -0.132. The Kier molecular flexibility index (Phi) is 11.2. The van der Waals surface area contributed by atoms with Gasteiger partial charge in [0.05, 0.1) is 16.4 Å². The minimum atomic E-state index is -0.972. The normalized spacial score (nSPS) is 14.7. The number of nitrogens with zero attached hydrogens (tertiary/aromatic N) is 1. The lowest BCUT2D eigenvalue weighted by atomic mass is 10.0. The molecule has 3 N–H and O–H groups in total. The van der Waals surface area contributed by atoms with Crippen molar-refractivity contribution in [2.45, 2.75) is 57.4 Å². The number of hydrogen-bond donors (Lipinski definition) is 3. The summed E-state index contributed by atoms with van der Waals surface area (Å²) in [7, 11) is 1.48. The molecule has 218 valence electrons. The maximum Gasteiger partial charge on any atom is 0.261 e. The van der Waals surface area contributed by atoms with E-state index in [0.29, 0.717) is 17.5 Å². The monoisotopic (exact) mass is 580 g/mol. The van der Waals surface area contributed by atoms with Gasteiger partial charge in [0, 0.05) is 26.9 Å². The largest absolute Gasteiger partial charge is 0.357 e. The standard InChI is InChI=1S/C30H36N4O6S/c1-18(2)16-23(27(37)32-24(26(36)31-4)17-20-10-6-5-7-11-20)33-28(38)25(41-19(3)35)14-15-34-29(39)21-12-8-9-13-22(21)30(34)40/h5-13,18,23-25H,14-17H2,1-4H3,(H,31,36)(H,32,37)(H,33,38)/t23?,24-,25?/m0/s1. The summed E-state index contributed by atoms with van der Waals surface area (Å²) in [5.74, 6) is -2.34. The van der Waals surface area contributed by atoms with Crippen LogP contribution in [0.4, 0.5) is 0 Å². The van der Waals surface area contributed by atoms with Crippen LogP contribution < -0.4 is 16.0 Å². The minimum Gasteiger partial charge on any atom is -0.357 e. The Hall–Kier alpha value is -3.99. The van der Waals surface area contributed by atoms with Crippen molar-refractivity contribution in [3.8, 4) is 0 Å². The van der Waals surface area contributed by atoms with Crippen LogP contribution in [-0.4, -0.2) is 70.5 Å². The number of thioether (sulfide) groups is 1. The van der Waals surface area contributed by atoms with Gasteiger partial charge in [-0.05, 0) is 36.5 Å². The minimum absolute atomic E-state index is 0.0203. The molecule has 2 unspecified atom stereocenters. The highest BCUT2D eigenvalue weighted by Gasteiger charge is 2.36. The second-order valence-corrected chi connectivity index (χ2v) is 11.6. The molecule has 0 aromatic heterocycles. The van der Waals surface area contributed by atoms with Crippen molar-refractivity contribution >= 4 is 46.4 Å². The lowest BCUT2D eigenvalue weighted by Gasteiger charge is -2.26. The van der Waals surface area contributed by atoms with Crippen molar-refractivity contribution < 1.29 is 28.8 Å². The van der Waals surface area contributed by atoms with Gasteiger partial charge in [0.2, 0.25) is 17.7 Å². The summed E-state index contributed by atoms with van der Waals surface area (Å²) in [5, 5.41) is 6.82. The summed E-state index contributed by atoms with van der Waals surface area (Å²) < 4.78 is 0. The van der Waals surface area contributed by atoms with E-state index in [4.69, 9.17) is 0 Å². The zero-order valence-electron chi connectivity index (χ0n) is 23.6. The molecule has 0 fully saturated rings. The summed E-state index contributed by atoms with van der Waals surface area (Å²) in [4.78, 5) is 77.9. The van der Waals surface area contributed by atoms with Gasteiger partial charge in [-0.15, -0.1) is 0 Å². The zero-order valence-corrected chi connectivity index (χ0v) is 24.5. The van der Waals surface area contributed by atoms with Crippen LogP contribution >= 0.6 is 11.8 Å². The van der Waals surface area contributed by atoms with E-state index < -0.39 is 41.0 Å². The molecule has 1 aliphatic rings. The molecule has 3 atom stereocenters. The van der Waals surface area contributed by atoms with Gasteiger partial charge in [0.1, 0.15) is 12.1 Å². The predicted octanol–water partition coefficient (Wildman–Crippen LogP) is 2.33. The number of imide groups is 1. The maximum absolute atomic E-state index is 13.4. The SMILES string of the molecule is CNC(=O)[C@H](Cc1ccccc1)NC(=O)C(CC(C)C)NC(=O)C(CCN1C(=O)c2ccccc2C1=O)SC(C)=O. The number of amides is 5. The van der Waals surface area contributed by atoms with Crippen LogP contribution in [-0.2, 0) is 25.6 Å². The van der Waals surface area contributed by atoms with Gasteiger partial charge >= 0.3 is 0 Å². The van der Waals surface area contributed by atoms with Crippen molar-refractivity contribution in [3.63, 3.8) is 0 Å². The molecule has 3 rings (SSSR count). The first-order valence-electron chi connectivity index (χ1n) is 13.5. The van der Waals surface area contributed by atoms with E-state index in [0.717, 1.165) is 22.2 Å². The van der Waals surface area contributed by atoms with Gasteiger partial charge in [-0.3, -0.25) is 33.7 Å². The molecule has 0 bridgehead atoms. The quantitative estimate of drug-likeness (QED) is 0.309.